The minimum atomic E-state index is 0.136. The maximum atomic E-state index is 5.97. The Kier molecular flexibility index (Phi) is 3.31. The first-order valence-electron chi connectivity index (χ1n) is 8.64. The lowest BCUT2D eigenvalue weighted by Crippen LogP contribution is -2.14. The molecule has 0 aliphatic carbocycles. The third-order valence-corrected chi connectivity index (χ3v) is 4.88. The summed E-state index contributed by atoms with van der Waals surface area (Å²) < 4.78 is 15.3. The van der Waals surface area contributed by atoms with Crippen molar-refractivity contribution in [1.29, 1.82) is 0 Å². The van der Waals surface area contributed by atoms with Crippen LogP contribution in [0.4, 0.5) is 0 Å². The van der Waals surface area contributed by atoms with Crippen LogP contribution in [0, 0.1) is 0 Å². The molecule has 2 aromatic heterocycles. The monoisotopic (exact) mass is 350 g/mol. The number of imidazole rings is 1. The normalized spacial score (nSPS) is 17.6. The fourth-order valence-electron chi connectivity index (χ4n) is 3.44. The lowest BCUT2D eigenvalue weighted by Gasteiger charge is -2.11. The van der Waals surface area contributed by atoms with Gasteiger partial charge in [0.25, 0.3) is 0 Å². The second-order valence-electron chi connectivity index (χ2n) is 6.37. The molecule has 0 bridgehead atoms. The molecule has 26 heavy (non-hydrogen) atoms. The molecule has 0 amide bonds. The van der Waals surface area contributed by atoms with Crippen molar-refractivity contribution in [3.8, 4) is 17.1 Å². The van der Waals surface area contributed by atoms with Crippen LogP contribution in [0.15, 0.2) is 35.7 Å². The molecule has 0 saturated heterocycles. The van der Waals surface area contributed by atoms with Gasteiger partial charge in [-0.25, -0.2) is 14.7 Å². The zero-order valence-electron chi connectivity index (χ0n) is 14.6. The van der Waals surface area contributed by atoms with Gasteiger partial charge < -0.3 is 9.47 Å². The van der Waals surface area contributed by atoms with Gasteiger partial charge in [-0.05, 0) is 18.6 Å². The van der Waals surface area contributed by atoms with Gasteiger partial charge in [0.2, 0.25) is 5.90 Å². The predicted molar refractivity (Wildman–Crippen MR) is 94.4 cm³/mol. The van der Waals surface area contributed by atoms with E-state index in [0.717, 1.165) is 40.6 Å². The molecular formula is C18H18N6O2. The SMILES string of the molecule is CC[C@@H]1CN=C(c2ncn3c2Cc2cnnn2-c2cc(OC)ccc2-3)O1. The van der Waals surface area contributed by atoms with E-state index in [1.165, 1.54) is 0 Å². The van der Waals surface area contributed by atoms with Crippen LogP contribution < -0.4 is 4.74 Å². The standard InChI is InChI=1S/C18H18N6O2/c1-3-12-9-19-18(26-12)17-16-6-11-8-21-22-24(11)15-7-13(25-2)4-5-14(15)23(16)10-20-17/h4-5,7-8,10,12H,3,6,9H2,1-2H3/t12-/m1/s1. The summed E-state index contributed by atoms with van der Waals surface area (Å²) in [6.45, 7) is 2.79. The summed E-state index contributed by atoms with van der Waals surface area (Å²) in [5.74, 6) is 1.39. The van der Waals surface area contributed by atoms with E-state index < -0.39 is 0 Å². The Bertz CT molecular complexity index is 1020. The molecule has 2 aliphatic rings. The van der Waals surface area contributed by atoms with Crippen LogP contribution in [0.25, 0.3) is 11.4 Å². The molecule has 1 aromatic carbocycles. The van der Waals surface area contributed by atoms with E-state index >= 15 is 0 Å². The molecule has 0 spiro atoms. The van der Waals surface area contributed by atoms with Crippen LogP contribution in [0.2, 0.25) is 0 Å². The zero-order chi connectivity index (χ0) is 17.7. The molecule has 132 valence electrons. The number of aromatic nitrogens is 5. The lowest BCUT2D eigenvalue weighted by molar-refractivity contribution is 0.220. The first kappa shape index (κ1) is 15.1. The number of fused-ring (bicyclic) bond motifs is 5. The summed E-state index contributed by atoms with van der Waals surface area (Å²) in [5, 5.41) is 8.36. The highest BCUT2D eigenvalue weighted by Gasteiger charge is 2.29. The molecule has 3 aromatic rings. The molecule has 1 atom stereocenters. The molecule has 0 radical (unpaired) electrons. The van der Waals surface area contributed by atoms with Gasteiger partial charge in [-0.15, -0.1) is 5.10 Å². The Balaban J connectivity index is 1.69. The fraction of sp³-hybridized carbons (Fsp3) is 0.333. The van der Waals surface area contributed by atoms with E-state index in [0.29, 0.717) is 18.9 Å². The molecular weight excluding hydrogens is 332 g/mol. The van der Waals surface area contributed by atoms with Crippen molar-refractivity contribution < 1.29 is 9.47 Å². The Labute approximate surface area is 150 Å². The number of methoxy groups -OCH3 is 1. The highest BCUT2D eigenvalue weighted by Crippen LogP contribution is 2.32. The second-order valence-corrected chi connectivity index (χ2v) is 6.37. The molecule has 0 N–H and O–H groups in total. The number of rotatable bonds is 3. The number of aliphatic imine (C=N–C) groups is 1. The van der Waals surface area contributed by atoms with Gasteiger partial charge in [-0.2, -0.15) is 0 Å². The van der Waals surface area contributed by atoms with Crippen LogP contribution in [-0.2, 0) is 11.2 Å². The van der Waals surface area contributed by atoms with Crippen molar-refractivity contribution in [3.63, 3.8) is 0 Å². The van der Waals surface area contributed by atoms with Crippen LogP contribution >= 0.6 is 0 Å². The number of benzene rings is 1. The molecule has 0 saturated carbocycles. The van der Waals surface area contributed by atoms with E-state index in [9.17, 15) is 0 Å². The average molecular weight is 350 g/mol. The van der Waals surface area contributed by atoms with E-state index in [-0.39, 0.29) is 6.10 Å². The summed E-state index contributed by atoms with van der Waals surface area (Å²) in [6.07, 6.45) is 5.31. The van der Waals surface area contributed by atoms with Crippen LogP contribution in [-0.4, -0.2) is 50.2 Å². The summed E-state index contributed by atoms with van der Waals surface area (Å²) in [7, 11) is 1.65. The van der Waals surface area contributed by atoms with Gasteiger partial charge >= 0.3 is 0 Å². The Morgan fingerprint density at radius 2 is 2.23 bits per heavy atom. The predicted octanol–water partition coefficient (Wildman–Crippen LogP) is 1.92. The minimum absolute atomic E-state index is 0.136. The van der Waals surface area contributed by atoms with Crippen LogP contribution in [0.5, 0.6) is 5.75 Å². The number of hydrogen-bond acceptors (Lipinski definition) is 6. The first-order chi connectivity index (χ1) is 12.8. The smallest absolute Gasteiger partial charge is 0.237 e. The van der Waals surface area contributed by atoms with Crippen LogP contribution in [0.3, 0.4) is 0 Å². The summed E-state index contributed by atoms with van der Waals surface area (Å²) in [4.78, 5) is 9.17. The van der Waals surface area contributed by atoms with E-state index in [1.807, 2.05) is 29.2 Å². The van der Waals surface area contributed by atoms with E-state index in [4.69, 9.17) is 9.47 Å². The third-order valence-electron chi connectivity index (χ3n) is 4.88. The Morgan fingerprint density at radius 3 is 3.04 bits per heavy atom. The molecule has 8 heteroatoms. The molecule has 8 nitrogen and oxygen atoms in total. The zero-order valence-corrected chi connectivity index (χ0v) is 14.6. The van der Waals surface area contributed by atoms with Gasteiger partial charge in [0.05, 0.1) is 42.6 Å². The first-order valence-corrected chi connectivity index (χ1v) is 8.64. The van der Waals surface area contributed by atoms with Crippen molar-refractivity contribution in [2.75, 3.05) is 13.7 Å². The molecule has 2 aliphatic heterocycles. The van der Waals surface area contributed by atoms with Crippen LogP contribution in [0.1, 0.15) is 30.4 Å². The summed E-state index contributed by atoms with van der Waals surface area (Å²) >= 11 is 0. The average Bonchev–Trinajstić information content (AvgIpc) is 3.39. The molecule has 0 unspecified atom stereocenters. The highest BCUT2D eigenvalue weighted by molar-refractivity contribution is 5.94. The van der Waals surface area contributed by atoms with E-state index in [1.54, 1.807) is 13.3 Å². The molecule has 4 heterocycles. The maximum Gasteiger partial charge on any atom is 0.237 e. The van der Waals surface area contributed by atoms with Crippen molar-refractivity contribution in [3.05, 3.63) is 47.8 Å². The lowest BCUT2D eigenvalue weighted by atomic mass is 10.2. The quantitative estimate of drug-likeness (QED) is 0.564. The van der Waals surface area contributed by atoms with Gasteiger partial charge in [0.15, 0.2) is 0 Å². The molecule has 0 fully saturated rings. The van der Waals surface area contributed by atoms with Crippen molar-refractivity contribution in [2.24, 2.45) is 4.99 Å². The highest BCUT2D eigenvalue weighted by atomic mass is 16.5. The number of hydrogen-bond donors (Lipinski definition) is 0. The van der Waals surface area contributed by atoms with E-state index in [2.05, 4.69) is 31.8 Å². The largest absolute Gasteiger partial charge is 0.497 e. The van der Waals surface area contributed by atoms with Gasteiger partial charge in [0.1, 0.15) is 23.9 Å². The number of nitrogens with zero attached hydrogens (tertiary/aromatic N) is 6. The summed E-state index contributed by atoms with van der Waals surface area (Å²) in [5.41, 5.74) is 4.66. The minimum Gasteiger partial charge on any atom is -0.497 e. The van der Waals surface area contributed by atoms with Crippen molar-refractivity contribution in [1.82, 2.24) is 24.5 Å². The number of ether oxygens (including phenoxy) is 2. The second kappa shape index (κ2) is 5.69. The third kappa shape index (κ3) is 2.15. The maximum absolute atomic E-state index is 5.97. The van der Waals surface area contributed by atoms with Gasteiger partial charge in [0, 0.05) is 12.5 Å². The van der Waals surface area contributed by atoms with Crippen molar-refractivity contribution in [2.45, 2.75) is 25.9 Å². The van der Waals surface area contributed by atoms with Gasteiger partial charge in [-0.1, -0.05) is 12.1 Å². The Hall–Kier alpha value is -3.16. The molecule has 5 rings (SSSR count). The summed E-state index contributed by atoms with van der Waals surface area (Å²) in [6, 6.07) is 5.89. The van der Waals surface area contributed by atoms with Gasteiger partial charge in [-0.3, -0.25) is 4.57 Å². The Morgan fingerprint density at radius 1 is 1.31 bits per heavy atom. The van der Waals surface area contributed by atoms with Crippen molar-refractivity contribution >= 4 is 5.90 Å². The topological polar surface area (TPSA) is 79.4 Å². The fourth-order valence-corrected chi connectivity index (χ4v) is 3.44.